The standard InChI is InChI=1S/C65H43N/c1-63(2)51-25-10-9-24-50(51)62-58(63)32-17-33-61(62)66(40-34-36-48-46-22-7-15-30-56(46)64(59(48)38-40)52-26-11-3-18-42(52)43-19-4-12-27-53(43)64)41-35-37-49-47-23-8-16-31-57(47)65(60(49)39-41)54-28-13-5-20-44(54)45-21-6-14-29-55(45)65/h3-39H,1-2H3. The first-order valence-corrected chi connectivity index (χ1v) is 23.4. The third-order valence-corrected chi connectivity index (χ3v) is 16.3. The van der Waals surface area contributed by atoms with Gasteiger partial charge in [0.25, 0.3) is 0 Å². The summed E-state index contributed by atoms with van der Waals surface area (Å²) in [4.78, 5) is 2.60. The molecule has 308 valence electrons. The lowest BCUT2D eigenvalue weighted by Crippen LogP contribution is -2.26. The smallest absolute Gasteiger partial charge is 0.0726 e. The van der Waals surface area contributed by atoms with Crippen molar-refractivity contribution in [3.8, 4) is 55.6 Å². The second-order valence-corrected chi connectivity index (χ2v) is 19.4. The van der Waals surface area contributed by atoms with Gasteiger partial charge >= 0.3 is 0 Å². The molecule has 0 aromatic heterocycles. The number of benzene rings is 10. The summed E-state index contributed by atoms with van der Waals surface area (Å²) in [6, 6.07) is 85.7. The van der Waals surface area contributed by atoms with Gasteiger partial charge in [0.05, 0.1) is 16.5 Å². The van der Waals surface area contributed by atoms with Crippen LogP contribution in [0.4, 0.5) is 17.1 Å². The summed E-state index contributed by atoms with van der Waals surface area (Å²) < 4.78 is 0. The fourth-order valence-electron chi connectivity index (χ4n) is 13.8. The lowest BCUT2D eigenvalue weighted by Gasteiger charge is -2.34. The van der Waals surface area contributed by atoms with Crippen molar-refractivity contribution in [2.75, 3.05) is 4.90 Å². The van der Waals surface area contributed by atoms with Crippen LogP contribution in [0.15, 0.2) is 224 Å². The van der Waals surface area contributed by atoms with Crippen LogP contribution in [0.3, 0.4) is 0 Å². The Morgan fingerprint density at radius 3 is 0.939 bits per heavy atom. The van der Waals surface area contributed by atoms with E-state index < -0.39 is 10.8 Å². The Morgan fingerprint density at radius 1 is 0.258 bits per heavy atom. The van der Waals surface area contributed by atoms with Crippen LogP contribution < -0.4 is 4.90 Å². The van der Waals surface area contributed by atoms with Gasteiger partial charge in [0, 0.05) is 22.4 Å². The SMILES string of the molecule is CC1(C)c2ccccc2-c2c(N(c3ccc4c(c3)C3(c5ccccc5-c5ccccc53)c3ccccc3-4)c3ccc4c(c3)C3(c5ccccc5-c5ccccc53)c3ccccc3-4)cccc21. The second-order valence-electron chi connectivity index (χ2n) is 19.4. The Labute approximate surface area is 386 Å². The van der Waals surface area contributed by atoms with E-state index >= 15 is 0 Å². The molecule has 0 N–H and O–H groups in total. The van der Waals surface area contributed by atoms with Gasteiger partial charge in [-0.05, 0) is 136 Å². The van der Waals surface area contributed by atoms with Gasteiger partial charge in [0.15, 0.2) is 0 Å². The Bertz CT molecular complexity index is 3450. The molecule has 0 aliphatic heterocycles. The van der Waals surface area contributed by atoms with E-state index in [-0.39, 0.29) is 5.41 Å². The van der Waals surface area contributed by atoms with Crippen LogP contribution in [0.1, 0.15) is 69.5 Å². The molecular weight excluding hydrogens is 795 g/mol. The van der Waals surface area contributed by atoms with Gasteiger partial charge < -0.3 is 4.90 Å². The largest absolute Gasteiger partial charge is 0.310 e. The molecule has 10 aromatic carbocycles. The molecule has 66 heavy (non-hydrogen) atoms. The quantitative estimate of drug-likeness (QED) is 0.171. The summed E-state index contributed by atoms with van der Waals surface area (Å²) in [5.74, 6) is 0. The van der Waals surface area contributed by atoms with Crippen LogP contribution in [0.25, 0.3) is 55.6 Å². The van der Waals surface area contributed by atoms with Gasteiger partial charge in [-0.3, -0.25) is 0 Å². The molecule has 5 aliphatic carbocycles. The van der Waals surface area contributed by atoms with Gasteiger partial charge in [0.1, 0.15) is 0 Å². The molecule has 0 unspecified atom stereocenters. The monoisotopic (exact) mass is 837 g/mol. The molecule has 0 bridgehead atoms. The molecule has 0 radical (unpaired) electrons. The Morgan fingerprint density at radius 2 is 0.561 bits per heavy atom. The van der Waals surface area contributed by atoms with Gasteiger partial charge in [-0.1, -0.05) is 208 Å². The van der Waals surface area contributed by atoms with E-state index in [1.807, 2.05) is 0 Å². The predicted octanol–water partition coefficient (Wildman–Crippen LogP) is 16.1. The summed E-state index contributed by atoms with van der Waals surface area (Å²) in [5.41, 5.74) is 29.0. The van der Waals surface area contributed by atoms with Crippen molar-refractivity contribution in [2.45, 2.75) is 30.1 Å². The number of fused-ring (bicyclic) bond motifs is 23. The second kappa shape index (κ2) is 12.6. The Hall–Kier alpha value is -8.00. The van der Waals surface area contributed by atoms with Crippen LogP contribution in [0, 0.1) is 0 Å². The number of hydrogen-bond donors (Lipinski definition) is 0. The van der Waals surface area contributed by atoms with Crippen LogP contribution in [0.5, 0.6) is 0 Å². The number of anilines is 3. The fraction of sp³-hybridized carbons (Fsp3) is 0.0769. The van der Waals surface area contributed by atoms with Gasteiger partial charge in [-0.15, -0.1) is 0 Å². The summed E-state index contributed by atoms with van der Waals surface area (Å²) in [5, 5.41) is 0. The van der Waals surface area contributed by atoms with Crippen molar-refractivity contribution < 1.29 is 0 Å². The van der Waals surface area contributed by atoms with Crippen LogP contribution in [-0.4, -0.2) is 0 Å². The van der Waals surface area contributed by atoms with Crippen LogP contribution in [0.2, 0.25) is 0 Å². The summed E-state index contributed by atoms with van der Waals surface area (Å²) in [6.45, 7) is 4.78. The minimum absolute atomic E-state index is 0.157. The van der Waals surface area contributed by atoms with E-state index in [2.05, 4.69) is 243 Å². The zero-order valence-electron chi connectivity index (χ0n) is 36.8. The average molecular weight is 838 g/mol. The molecule has 0 amide bonds. The third kappa shape index (κ3) is 4.19. The Balaban J connectivity index is 1.04. The maximum Gasteiger partial charge on any atom is 0.0726 e. The zero-order valence-corrected chi connectivity index (χ0v) is 36.8. The van der Waals surface area contributed by atoms with E-state index in [0.717, 1.165) is 11.4 Å². The lowest BCUT2D eigenvalue weighted by molar-refractivity contribution is 0.660. The van der Waals surface area contributed by atoms with E-state index in [1.165, 1.54) is 117 Å². The molecule has 0 fully saturated rings. The van der Waals surface area contributed by atoms with Crippen molar-refractivity contribution in [1.82, 2.24) is 0 Å². The van der Waals surface area contributed by atoms with Crippen molar-refractivity contribution >= 4 is 17.1 Å². The number of rotatable bonds is 3. The van der Waals surface area contributed by atoms with Crippen LogP contribution >= 0.6 is 0 Å². The molecule has 5 aliphatic rings. The van der Waals surface area contributed by atoms with E-state index in [4.69, 9.17) is 0 Å². The van der Waals surface area contributed by atoms with E-state index in [9.17, 15) is 0 Å². The number of hydrogen-bond acceptors (Lipinski definition) is 1. The third-order valence-electron chi connectivity index (χ3n) is 16.3. The van der Waals surface area contributed by atoms with Gasteiger partial charge in [-0.25, -0.2) is 0 Å². The van der Waals surface area contributed by atoms with Crippen molar-refractivity contribution in [2.24, 2.45) is 0 Å². The maximum absolute atomic E-state index is 2.60. The van der Waals surface area contributed by atoms with Crippen molar-refractivity contribution in [1.29, 1.82) is 0 Å². The summed E-state index contributed by atoms with van der Waals surface area (Å²) in [7, 11) is 0. The van der Waals surface area contributed by atoms with Crippen molar-refractivity contribution in [3.05, 3.63) is 280 Å². The molecule has 1 heteroatoms. The first-order valence-electron chi connectivity index (χ1n) is 23.4. The molecule has 2 spiro atoms. The highest BCUT2D eigenvalue weighted by molar-refractivity contribution is 6.01. The molecule has 0 atom stereocenters. The first kappa shape index (κ1) is 36.4. The molecule has 0 heterocycles. The topological polar surface area (TPSA) is 3.24 Å². The predicted molar refractivity (Wildman–Crippen MR) is 271 cm³/mol. The molecule has 10 aromatic rings. The molecule has 1 nitrogen and oxygen atoms in total. The normalized spacial score (nSPS) is 15.5. The van der Waals surface area contributed by atoms with Gasteiger partial charge in [-0.2, -0.15) is 0 Å². The highest BCUT2D eigenvalue weighted by atomic mass is 15.1. The number of nitrogens with zero attached hydrogens (tertiary/aromatic N) is 1. The summed E-state index contributed by atoms with van der Waals surface area (Å²) >= 11 is 0. The van der Waals surface area contributed by atoms with E-state index in [0.29, 0.717) is 0 Å². The molecular formula is C65H43N. The Kier molecular flexibility index (Phi) is 6.95. The fourth-order valence-corrected chi connectivity index (χ4v) is 13.8. The highest BCUT2D eigenvalue weighted by Gasteiger charge is 2.53. The van der Waals surface area contributed by atoms with E-state index in [1.54, 1.807) is 0 Å². The lowest BCUT2D eigenvalue weighted by atomic mass is 9.70. The molecule has 15 rings (SSSR count). The molecule has 0 saturated carbocycles. The maximum atomic E-state index is 2.60. The molecule has 0 saturated heterocycles. The first-order chi connectivity index (χ1) is 32.5. The van der Waals surface area contributed by atoms with Crippen LogP contribution in [-0.2, 0) is 16.2 Å². The van der Waals surface area contributed by atoms with Crippen molar-refractivity contribution in [3.63, 3.8) is 0 Å². The minimum Gasteiger partial charge on any atom is -0.310 e. The minimum atomic E-state index is -0.463. The van der Waals surface area contributed by atoms with Gasteiger partial charge in [0.2, 0.25) is 0 Å². The average Bonchev–Trinajstić information content (AvgIpc) is 4.10. The zero-order chi connectivity index (χ0) is 43.5. The summed E-state index contributed by atoms with van der Waals surface area (Å²) in [6.07, 6.45) is 0. The highest BCUT2D eigenvalue weighted by Crippen LogP contribution is 2.66.